The summed E-state index contributed by atoms with van der Waals surface area (Å²) in [5.41, 5.74) is 4.00. The molecule has 5 heteroatoms. The Morgan fingerprint density at radius 1 is 1.08 bits per heavy atom. The Balaban J connectivity index is 1.74. The van der Waals surface area contributed by atoms with Crippen molar-refractivity contribution < 1.29 is 4.79 Å². The highest BCUT2D eigenvalue weighted by Gasteiger charge is 2.30. The molecule has 4 nitrogen and oxygen atoms in total. The third-order valence-electron chi connectivity index (χ3n) is 5.90. The van der Waals surface area contributed by atoms with Crippen LogP contribution < -0.4 is 0 Å². The fourth-order valence-electron chi connectivity index (χ4n) is 4.37. The number of rotatable bonds is 3. The van der Waals surface area contributed by atoms with E-state index < -0.39 is 0 Å². The molecular weight excluding hydrogens is 346 g/mol. The molecule has 1 fully saturated rings. The predicted molar refractivity (Wildman–Crippen MR) is 104 cm³/mol. The van der Waals surface area contributed by atoms with Crippen LogP contribution in [0.25, 0.3) is 5.69 Å². The van der Waals surface area contributed by atoms with Crippen LogP contribution in [0, 0.1) is 0 Å². The molecule has 138 valence electrons. The first-order valence-corrected chi connectivity index (χ1v) is 10.2. The largest absolute Gasteiger partial charge is 0.337 e. The zero-order valence-electron chi connectivity index (χ0n) is 15.4. The normalized spacial score (nSPS) is 17.8. The summed E-state index contributed by atoms with van der Waals surface area (Å²) >= 11 is 6.05. The van der Waals surface area contributed by atoms with Gasteiger partial charge in [-0.15, -0.1) is 0 Å². The van der Waals surface area contributed by atoms with Crippen molar-refractivity contribution in [1.29, 1.82) is 0 Å². The number of amides is 1. The summed E-state index contributed by atoms with van der Waals surface area (Å²) in [4.78, 5) is 15.2. The number of hydrogen-bond acceptors (Lipinski definition) is 2. The van der Waals surface area contributed by atoms with Gasteiger partial charge < -0.3 is 4.90 Å². The Bertz CT molecular complexity index is 790. The highest BCUT2D eigenvalue weighted by molar-refractivity contribution is 6.30. The lowest BCUT2D eigenvalue weighted by Crippen LogP contribution is -2.36. The Morgan fingerprint density at radius 3 is 2.50 bits per heavy atom. The summed E-state index contributed by atoms with van der Waals surface area (Å²) < 4.78 is 1.98. The molecule has 1 amide bonds. The molecule has 4 rings (SSSR count). The average Bonchev–Trinajstić information content (AvgIpc) is 3.24. The van der Waals surface area contributed by atoms with Crippen molar-refractivity contribution in [3.63, 3.8) is 0 Å². The Kier molecular flexibility index (Phi) is 5.03. The summed E-state index contributed by atoms with van der Waals surface area (Å²) in [6, 6.07) is 8.09. The van der Waals surface area contributed by atoms with Gasteiger partial charge in [0.15, 0.2) is 5.69 Å². The van der Waals surface area contributed by atoms with Crippen molar-refractivity contribution in [3.05, 3.63) is 46.2 Å². The van der Waals surface area contributed by atoms with Crippen molar-refractivity contribution in [2.24, 2.45) is 0 Å². The maximum Gasteiger partial charge on any atom is 0.274 e. The lowest BCUT2D eigenvalue weighted by atomic mass is 10.1. The number of fused-ring (bicyclic) bond motifs is 1. The number of aromatic nitrogens is 2. The van der Waals surface area contributed by atoms with E-state index >= 15 is 0 Å². The van der Waals surface area contributed by atoms with E-state index in [9.17, 15) is 4.79 Å². The minimum atomic E-state index is 0.0859. The summed E-state index contributed by atoms with van der Waals surface area (Å²) in [6.45, 7) is 0. The van der Waals surface area contributed by atoms with Gasteiger partial charge in [0, 0.05) is 29.4 Å². The van der Waals surface area contributed by atoms with E-state index in [2.05, 4.69) is 0 Å². The van der Waals surface area contributed by atoms with Gasteiger partial charge in [0.05, 0.1) is 5.69 Å². The van der Waals surface area contributed by atoms with Crippen LogP contribution in [0.1, 0.15) is 66.7 Å². The van der Waals surface area contributed by atoms with Crippen molar-refractivity contribution in [2.45, 2.75) is 63.8 Å². The highest BCUT2D eigenvalue weighted by Crippen LogP contribution is 2.29. The smallest absolute Gasteiger partial charge is 0.274 e. The molecule has 2 aromatic rings. The maximum atomic E-state index is 13.2. The van der Waals surface area contributed by atoms with Crippen LogP contribution in [-0.2, 0) is 12.8 Å². The minimum absolute atomic E-state index is 0.0859. The number of carbonyl (C=O) groups excluding carboxylic acids is 1. The third-order valence-corrected chi connectivity index (χ3v) is 6.15. The van der Waals surface area contributed by atoms with E-state index in [1.165, 1.54) is 25.0 Å². The van der Waals surface area contributed by atoms with Crippen molar-refractivity contribution in [3.8, 4) is 5.69 Å². The van der Waals surface area contributed by atoms with Crippen LogP contribution in [0.15, 0.2) is 24.3 Å². The first-order valence-electron chi connectivity index (χ1n) is 9.79. The molecule has 0 N–H and O–H groups in total. The molecular formula is C21H26ClN3O. The fraction of sp³-hybridized carbons (Fsp3) is 0.524. The molecule has 0 bridgehead atoms. The predicted octanol–water partition coefficient (Wildman–Crippen LogP) is 4.81. The first kappa shape index (κ1) is 17.6. The van der Waals surface area contributed by atoms with E-state index in [4.69, 9.17) is 16.7 Å². The van der Waals surface area contributed by atoms with Crippen LogP contribution in [0.3, 0.4) is 0 Å². The van der Waals surface area contributed by atoms with Gasteiger partial charge in [0.25, 0.3) is 5.91 Å². The Morgan fingerprint density at radius 2 is 1.77 bits per heavy atom. The number of nitrogens with zero attached hydrogens (tertiary/aromatic N) is 3. The average molecular weight is 372 g/mol. The van der Waals surface area contributed by atoms with Gasteiger partial charge in [-0.25, -0.2) is 4.68 Å². The second kappa shape index (κ2) is 7.43. The minimum Gasteiger partial charge on any atom is -0.337 e. The van der Waals surface area contributed by atoms with Gasteiger partial charge in [-0.3, -0.25) is 4.79 Å². The van der Waals surface area contributed by atoms with Gasteiger partial charge in [-0.2, -0.15) is 5.10 Å². The molecule has 0 atom stereocenters. The Hall–Kier alpha value is -1.81. The van der Waals surface area contributed by atoms with Crippen LogP contribution in [-0.4, -0.2) is 33.7 Å². The highest BCUT2D eigenvalue weighted by atomic mass is 35.5. The molecule has 1 saturated carbocycles. The Labute approximate surface area is 160 Å². The fourth-order valence-corrected chi connectivity index (χ4v) is 4.49. The zero-order valence-corrected chi connectivity index (χ0v) is 16.1. The van der Waals surface area contributed by atoms with Crippen molar-refractivity contribution in [1.82, 2.24) is 14.7 Å². The number of hydrogen-bond donors (Lipinski definition) is 0. The van der Waals surface area contributed by atoms with Gasteiger partial charge in [0.1, 0.15) is 0 Å². The van der Waals surface area contributed by atoms with E-state index in [1.54, 1.807) is 0 Å². The second-order valence-electron chi connectivity index (χ2n) is 7.58. The molecule has 1 aromatic carbocycles. The topological polar surface area (TPSA) is 38.1 Å². The van der Waals surface area contributed by atoms with Crippen LogP contribution >= 0.6 is 11.6 Å². The van der Waals surface area contributed by atoms with Crippen molar-refractivity contribution >= 4 is 17.5 Å². The van der Waals surface area contributed by atoms with Crippen LogP contribution in [0.5, 0.6) is 0 Å². The zero-order chi connectivity index (χ0) is 18.1. The quantitative estimate of drug-likeness (QED) is 0.726. The molecule has 0 saturated heterocycles. The van der Waals surface area contributed by atoms with E-state index in [1.807, 2.05) is 40.9 Å². The lowest BCUT2D eigenvalue weighted by molar-refractivity contribution is 0.0727. The maximum absolute atomic E-state index is 13.2. The number of benzene rings is 1. The SMILES string of the molecule is CN(C(=O)c1nn(-c2ccc(Cl)cc2)c2c1CCCCC2)C1CCCC1. The van der Waals surface area contributed by atoms with Crippen molar-refractivity contribution in [2.75, 3.05) is 7.05 Å². The summed E-state index contributed by atoms with van der Waals surface area (Å²) in [5.74, 6) is 0.0859. The summed E-state index contributed by atoms with van der Waals surface area (Å²) in [6.07, 6.45) is 10.1. The number of halogens is 1. The molecule has 0 radical (unpaired) electrons. The van der Waals surface area contributed by atoms with Crippen LogP contribution in [0.2, 0.25) is 5.02 Å². The third kappa shape index (κ3) is 3.27. The number of carbonyl (C=O) groups is 1. The van der Waals surface area contributed by atoms with Gasteiger partial charge in [-0.1, -0.05) is 30.9 Å². The van der Waals surface area contributed by atoms with Crippen LogP contribution in [0.4, 0.5) is 0 Å². The molecule has 0 unspecified atom stereocenters. The van der Waals surface area contributed by atoms with E-state index in [0.717, 1.165) is 49.8 Å². The molecule has 1 aromatic heterocycles. The standard InChI is InChI=1S/C21H26ClN3O/c1-24(16-7-5-6-8-16)21(26)20-18-9-3-2-4-10-19(18)25(23-20)17-13-11-15(22)12-14-17/h11-14,16H,2-10H2,1H3. The monoisotopic (exact) mass is 371 g/mol. The first-order chi connectivity index (χ1) is 12.6. The van der Waals surface area contributed by atoms with E-state index in [-0.39, 0.29) is 5.91 Å². The van der Waals surface area contributed by atoms with Gasteiger partial charge in [0.2, 0.25) is 0 Å². The molecule has 2 aliphatic carbocycles. The molecule has 0 spiro atoms. The lowest BCUT2D eigenvalue weighted by Gasteiger charge is -2.23. The molecule has 26 heavy (non-hydrogen) atoms. The summed E-state index contributed by atoms with van der Waals surface area (Å²) in [5, 5.41) is 5.52. The van der Waals surface area contributed by atoms with Gasteiger partial charge in [-0.05, 0) is 62.8 Å². The van der Waals surface area contributed by atoms with E-state index in [0.29, 0.717) is 16.8 Å². The second-order valence-corrected chi connectivity index (χ2v) is 8.01. The summed E-state index contributed by atoms with van der Waals surface area (Å²) in [7, 11) is 1.95. The molecule has 2 aliphatic rings. The molecule has 1 heterocycles. The molecule has 0 aliphatic heterocycles. The van der Waals surface area contributed by atoms with Gasteiger partial charge >= 0.3 is 0 Å².